The lowest BCUT2D eigenvalue weighted by Gasteiger charge is -2.26. The Hall–Kier alpha value is -2.69. The number of carboxylic acid groups (broad SMARTS) is 2. The smallest absolute Gasteiger partial charge is 0.325 e. The van der Waals surface area contributed by atoms with E-state index >= 15 is 0 Å². The Bertz CT molecular complexity index is 565. The molecule has 0 aliphatic carbocycles. The Morgan fingerprint density at radius 2 is 1.84 bits per heavy atom. The maximum Gasteiger partial charge on any atom is 0.325 e. The zero-order valence-corrected chi connectivity index (χ0v) is 13.7. The summed E-state index contributed by atoms with van der Waals surface area (Å²) >= 11 is 0. The molecule has 3 amide bonds. The monoisotopic (exact) mass is 358 g/mol. The number of carbonyl (C=O) groups is 5. The number of aliphatic carboxylic acids is 2. The van der Waals surface area contributed by atoms with Gasteiger partial charge in [0.15, 0.2) is 0 Å². The average molecular weight is 358 g/mol. The van der Waals surface area contributed by atoms with E-state index in [-0.39, 0.29) is 6.54 Å². The molecule has 1 rings (SSSR count). The van der Waals surface area contributed by atoms with Gasteiger partial charge in [-0.3, -0.25) is 24.0 Å². The van der Waals surface area contributed by atoms with E-state index in [0.29, 0.717) is 19.4 Å². The highest BCUT2D eigenvalue weighted by Crippen LogP contribution is 2.17. The van der Waals surface area contributed by atoms with Crippen LogP contribution < -0.4 is 16.4 Å². The molecular formula is C14H22N4O7. The molecule has 0 aromatic heterocycles. The molecule has 0 saturated carbocycles. The minimum absolute atomic E-state index is 0.265. The van der Waals surface area contributed by atoms with Gasteiger partial charge in [0.1, 0.15) is 18.1 Å². The summed E-state index contributed by atoms with van der Waals surface area (Å²) < 4.78 is 0. The molecule has 140 valence electrons. The van der Waals surface area contributed by atoms with Crippen molar-refractivity contribution in [2.45, 2.75) is 44.3 Å². The fourth-order valence-electron chi connectivity index (χ4n) is 2.48. The maximum absolute atomic E-state index is 12.4. The summed E-state index contributed by atoms with van der Waals surface area (Å²) in [5.74, 6) is -4.67. The summed E-state index contributed by atoms with van der Waals surface area (Å²) in [4.78, 5) is 59.1. The van der Waals surface area contributed by atoms with Gasteiger partial charge in [-0.15, -0.1) is 0 Å². The number of nitrogens with two attached hydrogens (primary N) is 1. The van der Waals surface area contributed by atoms with E-state index < -0.39 is 54.2 Å². The standard InChI is InChI=1S/C14H22N4O7/c1-7(14(24)25)16-12(22)8(5-11(20)21)17-13(23)9-3-2-4-18(9)10(19)6-15/h7-9H,2-6,15H2,1H3,(H,16,22)(H,17,23)(H,20,21)(H,24,25). The van der Waals surface area contributed by atoms with Crippen LogP contribution in [0.4, 0.5) is 0 Å². The molecule has 0 spiro atoms. The highest BCUT2D eigenvalue weighted by atomic mass is 16.4. The van der Waals surface area contributed by atoms with Crippen LogP contribution in [0.1, 0.15) is 26.2 Å². The summed E-state index contributed by atoms with van der Waals surface area (Å²) in [7, 11) is 0. The molecule has 3 unspecified atom stereocenters. The SMILES string of the molecule is CC(NC(=O)C(CC(=O)O)NC(=O)C1CCCN1C(=O)CN)C(=O)O. The molecule has 0 aromatic carbocycles. The number of nitrogens with one attached hydrogen (secondary N) is 2. The number of hydrogen-bond acceptors (Lipinski definition) is 6. The Morgan fingerprint density at radius 1 is 1.20 bits per heavy atom. The van der Waals surface area contributed by atoms with Crippen molar-refractivity contribution in [1.82, 2.24) is 15.5 Å². The molecule has 0 bridgehead atoms. The van der Waals surface area contributed by atoms with Gasteiger partial charge in [-0.05, 0) is 19.8 Å². The molecule has 6 N–H and O–H groups in total. The van der Waals surface area contributed by atoms with E-state index in [9.17, 15) is 24.0 Å². The zero-order valence-electron chi connectivity index (χ0n) is 13.7. The van der Waals surface area contributed by atoms with Crippen LogP contribution in [0.2, 0.25) is 0 Å². The minimum Gasteiger partial charge on any atom is -0.481 e. The molecule has 11 heteroatoms. The molecule has 11 nitrogen and oxygen atoms in total. The van der Waals surface area contributed by atoms with Crippen LogP contribution in [0.15, 0.2) is 0 Å². The lowest BCUT2D eigenvalue weighted by Crippen LogP contribution is -2.55. The van der Waals surface area contributed by atoms with Gasteiger partial charge in [0.2, 0.25) is 17.7 Å². The summed E-state index contributed by atoms with van der Waals surface area (Å²) in [6, 6.07) is -3.54. The molecule has 3 atom stereocenters. The third-order valence-electron chi connectivity index (χ3n) is 3.79. The van der Waals surface area contributed by atoms with Crippen molar-refractivity contribution in [3.8, 4) is 0 Å². The number of rotatable bonds is 8. The maximum atomic E-state index is 12.4. The topological polar surface area (TPSA) is 179 Å². The van der Waals surface area contributed by atoms with Gasteiger partial charge in [-0.2, -0.15) is 0 Å². The first-order valence-electron chi connectivity index (χ1n) is 7.72. The Labute approximate surface area is 143 Å². The van der Waals surface area contributed by atoms with Crippen molar-refractivity contribution >= 4 is 29.7 Å². The van der Waals surface area contributed by atoms with Crippen molar-refractivity contribution in [1.29, 1.82) is 0 Å². The first-order chi connectivity index (χ1) is 11.7. The van der Waals surface area contributed by atoms with E-state index in [1.165, 1.54) is 11.8 Å². The Morgan fingerprint density at radius 3 is 2.36 bits per heavy atom. The lowest BCUT2D eigenvalue weighted by atomic mass is 10.1. The number of amides is 3. The lowest BCUT2D eigenvalue weighted by molar-refractivity contribution is -0.144. The molecule has 0 radical (unpaired) electrons. The van der Waals surface area contributed by atoms with E-state index in [1.54, 1.807) is 0 Å². The third kappa shape index (κ3) is 5.71. The average Bonchev–Trinajstić information content (AvgIpc) is 3.02. The van der Waals surface area contributed by atoms with E-state index in [4.69, 9.17) is 15.9 Å². The van der Waals surface area contributed by atoms with Gasteiger partial charge in [-0.1, -0.05) is 0 Å². The van der Waals surface area contributed by atoms with Gasteiger partial charge < -0.3 is 31.5 Å². The summed E-state index contributed by atoms with van der Waals surface area (Å²) in [5, 5.41) is 22.1. The van der Waals surface area contributed by atoms with Crippen molar-refractivity contribution in [3.05, 3.63) is 0 Å². The van der Waals surface area contributed by atoms with E-state index in [2.05, 4.69) is 10.6 Å². The summed E-state index contributed by atoms with van der Waals surface area (Å²) in [6.07, 6.45) is 0.224. The van der Waals surface area contributed by atoms with Crippen LogP contribution in [-0.4, -0.2) is 76.0 Å². The highest BCUT2D eigenvalue weighted by Gasteiger charge is 2.36. The van der Waals surface area contributed by atoms with Crippen molar-refractivity contribution in [3.63, 3.8) is 0 Å². The number of nitrogens with zero attached hydrogens (tertiary/aromatic N) is 1. The van der Waals surface area contributed by atoms with Gasteiger partial charge in [0.25, 0.3) is 0 Å². The summed E-state index contributed by atoms with van der Waals surface area (Å²) in [6.45, 7) is 1.29. The number of likely N-dealkylation sites (tertiary alicyclic amines) is 1. The molecule has 1 saturated heterocycles. The molecule has 1 fully saturated rings. The molecule has 0 aromatic rings. The normalized spacial score (nSPS) is 19.0. The molecule has 25 heavy (non-hydrogen) atoms. The molecule has 1 heterocycles. The summed E-state index contributed by atoms with van der Waals surface area (Å²) in [5.41, 5.74) is 5.29. The van der Waals surface area contributed by atoms with E-state index in [0.717, 1.165) is 0 Å². The fraction of sp³-hybridized carbons (Fsp3) is 0.643. The predicted molar refractivity (Wildman–Crippen MR) is 83.2 cm³/mol. The quantitative estimate of drug-likeness (QED) is 0.315. The number of carbonyl (C=O) groups excluding carboxylic acids is 3. The fourth-order valence-corrected chi connectivity index (χ4v) is 2.48. The van der Waals surface area contributed by atoms with Crippen LogP contribution in [0.3, 0.4) is 0 Å². The second-order valence-corrected chi connectivity index (χ2v) is 5.68. The highest BCUT2D eigenvalue weighted by molar-refractivity contribution is 5.95. The number of hydrogen-bond donors (Lipinski definition) is 5. The van der Waals surface area contributed by atoms with Crippen LogP contribution in [0.5, 0.6) is 0 Å². The minimum atomic E-state index is -1.46. The zero-order chi connectivity index (χ0) is 19.1. The van der Waals surface area contributed by atoms with Gasteiger partial charge in [0.05, 0.1) is 13.0 Å². The van der Waals surface area contributed by atoms with Gasteiger partial charge in [0, 0.05) is 6.54 Å². The second-order valence-electron chi connectivity index (χ2n) is 5.68. The molecule has 1 aliphatic rings. The Kier molecular flexibility index (Phi) is 7.30. The van der Waals surface area contributed by atoms with Crippen molar-refractivity contribution < 1.29 is 34.2 Å². The Balaban J connectivity index is 2.81. The van der Waals surface area contributed by atoms with Crippen LogP contribution in [-0.2, 0) is 24.0 Å². The van der Waals surface area contributed by atoms with Crippen LogP contribution in [0.25, 0.3) is 0 Å². The number of carboxylic acids is 2. The largest absolute Gasteiger partial charge is 0.481 e. The first-order valence-corrected chi connectivity index (χ1v) is 7.72. The van der Waals surface area contributed by atoms with Crippen molar-refractivity contribution in [2.75, 3.05) is 13.1 Å². The molecular weight excluding hydrogens is 336 g/mol. The van der Waals surface area contributed by atoms with Gasteiger partial charge in [-0.25, -0.2) is 0 Å². The van der Waals surface area contributed by atoms with Crippen molar-refractivity contribution in [2.24, 2.45) is 5.73 Å². The molecule has 1 aliphatic heterocycles. The van der Waals surface area contributed by atoms with E-state index in [1.807, 2.05) is 0 Å². The van der Waals surface area contributed by atoms with Crippen LogP contribution in [0, 0.1) is 0 Å². The predicted octanol–water partition coefficient (Wildman–Crippen LogP) is -2.52. The third-order valence-corrected chi connectivity index (χ3v) is 3.79. The van der Waals surface area contributed by atoms with Crippen LogP contribution >= 0.6 is 0 Å². The first kappa shape index (κ1) is 20.4. The van der Waals surface area contributed by atoms with Gasteiger partial charge >= 0.3 is 11.9 Å². The second kappa shape index (κ2) is 8.97.